The number of hydrogen-bond donors (Lipinski definition) is 1. The summed E-state index contributed by atoms with van der Waals surface area (Å²) in [7, 11) is 1.91. The van der Waals surface area contributed by atoms with Gasteiger partial charge in [-0.3, -0.25) is 10.4 Å². The minimum Gasteiger partial charge on any atom is -0.458 e. The van der Waals surface area contributed by atoms with Gasteiger partial charge in [0.25, 0.3) is 13.4 Å². The average Bonchev–Trinajstić information content (AvgIpc) is 3.21. The molecule has 0 saturated carbocycles. The fourth-order valence-electron chi connectivity index (χ4n) is 10.7. The van der Waals surface area contributed by atoms with Crippen molar-refractivity contribution in [3.05, 3.63) is 142 Å². The van der Waals surface area contributed by atoms with E-state index in [2.05, 4.69) is 146 Å². The zero-order valence-electron chi connectivity index (χ0n) is 32.2. The average molecular weight is 749 g/mol. The second-order valence-corrected chi connectivity index (χ2v) is 16.5. The van der Waals surface area contributed by atoms with Gasteiger partial charge < -0.3 is 18.6 Å². The molecule has 8 heteroatoms. The van der Waals surface area contributed by atoms with Crippen LogP contribution in [0.1, 0.15) is 29.7 Å². The summed E-state index contributed by atoms with van der Waals surface area (Å²) in [6, 6.07) is 40.1. The number of ether oxygens (including phenoxy) is 2. The van der Waals surface area contributed by atoms with Crippen molar-refractivity contribution < 1.29 is 9.47 Å². The first-order chi connectivity index (χ1) is 27.8. The molecule has 0 spiro atoms. The van der Waals surface area contributed by atoms with Crippen molar-refractivity contribution in [1.29, 1.82) is 5.41 Å². The molecule has 13 rings (SSSR count). The van der Waals surface area contributed by atoms with Gasteiger partial charge >= 0.3 is 0 Å². The molecule has 6 nitrogen and oxygen atoms in total. The highest BCUT2D eigenvalue weighted by Gasteiger charge is 2.45. The molecule has 0 atom stereocenters. The number of rotatable bonds is 0. The Morgan fingerprint density at radius 2 is 0.966 bits per heavy atom. The second kappa shape index (κ2) is 11.2. The van der Waals surface area contributed by atoms with Gasteiger partial charge in [0.2, 0.25) is 0 Å². The molecule has 0 fully saturated rings. The van der Waals surface area contributed by atoms with Crippen LogP contribution < -0.4 is 53.0 Å². The fourth-order valence-corrected chi connectivity index (χ4v) is 10.7. The number of nitrogens with zero attached hydrogens (tertiary/aromatic N) is 3. The van der Waals surface area contributed by atoms with Gasteiger partial charge in [-0.1, -0.05) is 61.0 Å². The van der Waals surface area contributed by atoms with Crippen LogP contribution in [0.4, 0.5) is 0 Å². The molecule has 4 aliphatic rings. The Balaban J connectivity index is 0.00000366. The van der Waals surface area contributed by atoms with Gasteiger partial charge in [-0.15, -0.1) is 0 Å². The lowest BCUT2D eigenvalue weighted by Crippen LogP contribution is -2.63. The SMILES string of the molecule is C.CN=c1c2cc(C)ccc2n2c3c4c(ccc13)Oc1cc(C)ccc1B4c1cc3c(cc1-2)-n1c2ccc(C)cc2c(=N)c2ccc4c(c21)B3c1ccc(C)cc1O4. The summed E-state index contributed by atoms with van der Waals surface area (Å²) >= 11 is 0. The third-order valence-corrected chi connectivity index (χ3v) is 13.1. The van der Waals surface area contributed by atoms with Gasteiger partial charge in [0.15, 0.2) is 0 Å². The zero-order valence-corrected chi connectivity index (χ0v) is 32.2. The Kier molecular flexibility index (Phi) is 6.44. The Bertz CT molecular complexity index is 3580. The van der Waals surface area contributed by atoms with E-state index in [4.69, 9.17) is 14.5 Å². The quantitative estimate of drug-likeness (QED) is 0.140. The molecule has 0 unspecified atom stereocenters. The highest BCUT2D eigenvalue weighted by molar-refractivity contribution is 7.02. The molecule has 6 heterocycles. The largest absolute Gasteiger partial charge is 0.458 e. The standard InChI is InChI=1S/C49H34B2N4O2.CH4/c1-24-8-14-36-30(18-24)46(52)28-10-16-40-44-48(28)54(36)38-23-39-35(22-34(38)50(44)32-12-6-26(3)20-42(32)56-40)51-33-13-7-27(4)21-43(33)57-41-17-11-29-47(53-5)31-19-25(2)9-15-37(31)55(39)49(29)45(41)51;/h6-23,52H,1-5H3;1H4. The molecule has 7 aromatic carbocycles. The maximum absolute atomic E-state index is 9.63. The van der Waals surface area contributed by atoms with Crippen LogP contribution in [0, 0.1) is 33.1 Å². The Hall–Kier alpha value is -6.79. The van der Waals surface area contributed by atoms with E-state index in [9.17, 15) is 5.41 Å². The van der Waals surface area contributed by atoms with Crippen molar-refractivity contribution in [2.24, 2.45) is 4.99 Å². The van der Waals surface area contributed by atoms with Crippen molar-refractivity contribution in [2.45, 2.75) is 35.1 Å². The van der Waals surface area contributed by atoms with E-state index in [0.29, 0.717) is 5.36 Å². The van der Waals surface area contributed by atoms with Crippen LogP contribution in [-0.2, 0) is 0 Å². The van der Waals surface area contributed by atoms with Gasteiger partial charge in [-0.25, -0.2) is 0 Å². The van der Waals surface area contributed by atoms with E-state index in [0.717, 1.165) is 105 Å². The first-order valence-electron chi connectivity index (χ1n) is 19.7. The van der Waals surface area contributed by atoms with Gasteiger partial charge in [0, 0.05) is 40.0 Å². The molecule has 0 aliphatic carbocycles. The smallest absolute Gasteiger partial charge is 0.256 e. The Labute approximate surface area is 336 Å². The number of benzene rings is 7. The van der Waals surface area contributed by atoms with Crippen molar-refractivity contribution >= 4 is 89.8 Å². The van der Waals surface area contributed by atoms with Crippen LogP contribution in [0.25, 0.3) is 55.0 Å². The summed E-state index contributed by atoms with van der Waals surface area (Å²) in [4.78, 5) is 4.96. The topological polar surface area (TPSA) is 64.5 Å². The number of pyridine rings is 2. The van der Waals surface area contributed by atoms with Gasteiger partial charge in [0.05, 0.1) is 32.8 Å². The predicted octanol–water partition coefficient (Wildman–Crippen LogP) is 6.63. The highest BCUT2D eigenvalue weighted by atomic mass is 16.5. The van der Waals surface area contributed by atoms with Crippen LogP contribution in [0.5, 0.6) is 23.0 Å². The molecule has 0 amide bonds. The highest BCUT2D eigenvalue weighted by Crippen LogP contribution is 2.38. The van der Waals surface area contributed by atoms with E-state index < -0.39 is 0 Å². The minimum absolute atomic E-state index is 0. The van der Waals surface area contributed by atoms with Crippen molar-refractivity contribution in [2.75, 3.05) is 7.05 Å². The van der Waals surface area contributed by atoms with Crippen LogP contribution in [0.15, 0.2) is 114 Å². The molecule has 276 valence electrons. The third kappa shape index (κ3) is 3.99. The lowest BCUT2D eigenvalue weighted by molar-refractivity contribution is 0.487. The molecule has 0 bridgehead atoms. The number of aryl methyl sites for hydroxylation is 4. The van der Waals surface area contributed by atoms with E-state index >= 15 is 0 Å². The molecule has 0 saturated heterocycles. The molecule has 9 aromatic rings. The van der Waals surface area contributed by atoms with Crippen LogP contribution in [0.2, 0.25) is 0 Å². The molecular formula is C50H38B2N4O2. The monoisotopic (exact) mass is 748 g/mol. The minimum atomic E-state index is -0.102. The van der Waals surface area contributed by atoms with Crippen LogP contribution in [-0.4, -0.2) is 29.6 Å². The Morgan fingerprint density at radius 1 is 0.483 bits per heavy atom. The maximum atomic E-state index is 9.63. The summed E-state index contributed by atoms with van der Waals surface area (Å²) < 4.78 is 18.6. The summed E-state index contributed by atoms with van der Waals surface area (Å²) in [6.45, 7) is 8.35. The molecule has 0 radical (unpaired) electrons. The van der Waals surface area contributed by atoms with E-state index in [1.165, 1.54) is 33.0 Å². The maximum Gasteiger partial charge on any atom is 0.256 e. The zero-order chi connectivity index (χ0) is 38.2. The predicted molar refractivity (Wildman–Crippen MR) is 240 cm³/mol. The number of hydrogen-bond acceptors (Lipinski definition) is 4. The van der Waals surface area contributed by atoms with Crippen molar-refractivity contribution in [3.8, 4) is 34.4 Å². The van der Waals surface area contributed by atoms with Crippen LogP contribution >= 0.6 is 0 Å². The summed E-state index contributed by atoms with van der Waals surface area (Å²) in [6.07, 6.45) is 0. The first-order valence-corrected chi connectivity index (χ1v) is 19.7. The molecule has 4 aliphatic heterocycles. The number of aromatic nitrogens is 2. The summed E-state index contributed by atoms with van der Waals surface area (Å²) in [5.41, 5.74) is 18.3. The molecular weight excluding hydrogens is 710 g/mol. The van der Waals surface area contributed by atoms with Crippen LogP contribution in [0.3, 0.4) is 0 Å². The third-order valence-electron chi connectivity index (χ3n) is 13.1. The van der Waals surface area contributed by atoms with Crippen molar-refractivity contribution in [3.63, 3.8) is 0 Å². The summed E-state index contributed by atoms with van der Waals surface area (Å²) in [5, 5.41) is 15.3. The van der Waals surface area contributed by atoms with Gasteiger partial charge in [-0.2, -0.15) is 0 Å². The number of nitrogens with one attached hydrogen (secondary N) is 1. The Morgan fingerprint density at radius 3 is 1.53 bits per heavy atom. The van der Waals surface area contributed by atoms with E-state index in [1.54, 1.807) is 0 Å². The number of fused-ring (bicyclic) bond motifs is 14. The molecule has 2 aromatic heterocycles. The lowest BCUT2D eigenvalue weighted by atomic mass is 9.31. The second-order valence-electron chi connectivity index (χ2n) is 16.5. The molecule has 1 N–H and O–H groups in total. The van der Waals surface area contributed by atoms with Crippen molar-refractivity contribution in [1.82, 2.24) is 9.13 Å². The first kappa shape index (κ1) is 33.4. The molecule has 58 heavy (non-hydrogen) atoms. The van der Waals surface area contributed by atoms with E-state index in [-0.39, 0.29) is 20.9 Å². The van der Waals surface area contributed by atoms with E-state index in [1.807, 2.05) is 7.05 Å². The lowest BCUT2D eigenvalue weighted by Gasteiger charge is -2.39. The fraction of sp³-hybridized carbons (Fsp3) is 0.120. The normalized spacial score (nSPS) is 13.8. The van der Waals surface area contributed by atoms with Gasteiger partial charge in [0.1, 0.15) is 23.0 Å². The van der Waals surface area contributed by atoms with Gasteiger partial charge in [-0.05, 0) is 138 Å². The summed E-state index contributed by atoms with van der Waals surface area (Å²) in [5.74, 6) is 3.54.